The number of aromatic nitrogens is 3. The summed E-state index contributed by atoms with van der Waals surface area (Å²) in [6, 6.07) is 13.1. The van der Waals surface area contributed by atoms with Gasteiger partial charge in [-0.25, -0.2) is 14.4 Å². The van der Waals surface area contributed by atoms with Gasteiger partial charge in [0, 0.05) is 44.4 Å². The lowest BCUT2D eigenvalue weighted by atomic mass is 10.0. The number of fused-ring (bicyclic) bond motifs is 3. The van der Waals surface area contributed by atoms with E-state index in [1.807, 2.05) is 42.5 Å². The minimum Gasteiger partial charge on any atom is -0.465 e. The smallest absolute Gasteiger partial charge is 0.407 e. The molecule has 0 bridgehead atoms. The lowest BCUT2D eigenvalue weighted by molar-refractivity contribution is 0.130. The highest BCUT2D eigenvalue weighted by atomic mass is 16.5. The summed E-state index contributed by atoms with van der Waals surface area (Å²) in [4.78, 5) is 42.3. The van der Waals surface area contributed by atoms with E-state index in [0.717, 1.165) is 33.1 Å². The summed E-state index contributed by atoms with van der Waals surface area (Å²) in [6.07, 6.45) is 1.97. The molecule has 0 radical (unpaired) electrons. The van der Waals surface area contributed by atoms with E-state index in [2.05, 4.69) is 15.6 Å². The number of methoxy groups -OCH3 is 1. The number of hydrogen-bond acceptors (Lipinski definition) is 5. The number of nitrogens with zero attached hydrogens (tertiary/aromatic N) is 4. The second kappa shape index (κ2) is 10.5. The molecule has 0 atom stereocenters. The Bertz CT molecular complexity index is 1550. The third-order valence-electron chi connectivity index (χ3n) is 7.07. The standard InChI is InChI=1S/C27H30N6O5/c1-31-23-16-28-22-8-5-18(15-21(22)24(23)33(26(31)35)13-14-38-2)17-3-6-19(7-4-17)29-25(34)30-20-9-11-32(12-10-20)27(36)37/h3-8,15-16,20H,9-14H2,1-2H3,(H,36,37)(H2,29,30,34). The molecule has 0 saturated carbocycles. The van der Waals surface area contributed by atoms with Crippen LogP contribution in [0.2, 0.25) is 0 Å². The van der Waals surface area contributed by atoms with E-state index >= 15 is 0 Å². The molecule has 1 fully saturated rings. The molecule has 11 nitrogen and oxygen atoms in total. The monoisotopic (exact) mass is 518 g/mol. The van der Waals surface area contributed by atoms with Gasteiger partial charge in [-0.15, -0.1) is 0 Å². The van der Waals surface area contributed by atoms with Crippen molar-refractivity contribution in [2.75, 3.05) is 32.1 Å². The molecule has 4 aromatic rings. The average Bonchev–Trinajstić information content (AvgIpc) is 3.17. The van der Waals surface area contributed by atoms with Crippen molar-refractivity contribution in [2.24, 2.45) is 7.05 Å². The van der Waals surface area contributed by atoms with Crippen LogP contribution >= 0.6 is 0 Å². The van der Waals surface area contributed by atoms with Crippen LogP contribution in [0.5, 0.6) is 0 Å². The summed E-state index contributed by atoms with van der Waals surface area (Å²) in [5.74, 6) is 0. The predicted molar refractivity (Wildman–Crippen MR) is 145 cm³/mol. The quantitative estimate of drug-likeness (QED) is 0.358. The maximum Gasteiger partial charge on any atom is 0.407 e. The fourth-order valence-corrected chi connectivity index (χ4v) is 4.96. The fraction of sp³-hybridized carbons (Fsp3) is 0.333. The second-order valence-electron chi connectivity index (χ2n) is 9.43. The Kier molecular flexibility index (Phi) is 7.01. The van der Waals surface area contributed by atoms with Gasteiger partial charge in [-0.1, -0.05) is 18.2 Å². The molecule has 1 aliphatic heterocycles. The zero-order chi connectivity index (χ0) is 26.8. The number of amides is 3. The van der Waals surface area contributed by atoms with Crippen molar-refractivity contribution in [3.8, 4) is 11.1 Å². The molecule has 2 aromatic heterocycles. The summed E-state index contributed by atoms with van der Waals surface area (Å²) >= 11 is 0. The van der Waals surface area contributed by atoms with Crippen molar-refractivity contribution in [3.63, 3.8) is 0 Å². The highest BCUT2D eigenvalue weighted by Crippen LogP contribution is 2.29. The highest BCUT2D eigenvalue weighted by Gasteiger charge is 2.23. The third-order valence-corrected chi connectivity index (χ3v) is 7.07. The van der Waals surface area contributed by atoms with E-state index in [1.165, 1.54) is 4.90 Å². The Labute approximate surface area is 218 Å². The lowest BCUT2D eigenvalue weighted by Gasteiger charge is -2.30. The van der Waals surface area contributed by atoms with Gasteiger partial charge in [0.2, 0.25) is 0 Å². The van der Waals surface area contributed by atoms with Crippen LogP contribution in [-0.4, -0.2) is 69.1 Å². The van der Waals surface area contributed by atoms with Gasteiger partial charge < -0.3 is 25.4 Å². The first-order valence-electron chi connectivity index (χ1n) is 12.5. The molecule has 0 unspecified atom stereocenters. The number of pyridine rings is 1. The molecule has 38 heavy (non-hydrogen) atoms. The molecule has 11 heteroatoms. The third kappa shape index (κ3) is 4.92. The average molecular weight is 519 g/mol. The zero-order valence-electron chi connectivity index (χ0n) is 21.3. The largest absolute Gasteiger partial charge is 0.465 e. The number of likely N-dealkylation sites (tertiary alicyclic amines) is 1. The summed E-state index contributed by atoms with van der Waals surface area (Å²) in [5.41, 5.74) is 4.83. The maximum absolute atomic E-state index is 12.9. The van der Waals surface area contributed by atoms with E-state index in [-0.39, 0.29) is 17.8 Å². The molecule has 3 heterocycles. The number of ether oxygens (including phenoxy) is 1. The number of rotatable bonds is 6. The van der Waals surface area contributed by atoms with Gasteiger partial charge >= 0.3 is 17.8 Å². The fourth-order valence-electron chi connectivity index (χ4n) is 4.96. The number of nitrogens with one attached hydrogen (secondary N) is 2. The number of benzene rings is 2. The van der Waals surface area contributed by atoms with E-state index < -0.39 is 6.09 Å². The van der Waals surface area contributed by atoms with E-state index in [4.69, 9.17) is 9.84 Å². The van der Waals surface area contributed by atoms with Gasteiger partial charge in [0.05, 0.1) is 35.9 Å². The number of aryl methyl sites for hydroxylation is 1. The van der Waals surface area contributed by atoms with Gasteiger partial charge in [0.15, 0.2) is 0 Å². The van der Waals surface area contributed by atoms with Crippen molar-refractivity contribution in [1.82, 2.24) is 24.3 Å². The summed E-state index contributed by atoms with van der Waals surface area (Å²) in [6.45, 7) is 1.69. The van der Waals surface area contributed by atoms with Crippen molar-refractivity contribution in [2.45, 2.75) is 25.4 Å². The summed E-state index contributed by atoms with van der Waals surface area (Å²) in [5, 5.41) is 15.7. The summed E-state index contributed by atoms with van der Waals surface area (Å²) < 4.78 is 8.54. The van der Waals surface area contributed by atoms with Gasteiger partial charge in [-0.2, -0.15) is 0 Å². The minimum atomic E-state index is -0.927. The first-order chi connectivity index (χ1) is 18.4. The van der Waals surface area contributed by atoms with Crippen LogP contribution in [0, 0.1) is 0 Å². The molecule has 0 aliphatic carbocycles. The molecular formula is C27H30N6O5. The Morgan fingerprint density at radius 2 is 1.82 bits per heavy atom. The number of imidazole rings is 1. The van der Waals surface area contributed by atoms with E-state index in [1.54, 1.807) is 29.5 Å². The lowest BCUT2D eigenvalue weighted by Crippen LogP contribution is -2.47. The van der Waals surface area contributed by atoms with Gasteiger partial charge in [0.1, 0.15) is 0 Å². The maximum atomic E-state index is 12.9. The Balaban J connectivity index is 1.34. The Morgan fingerprint density at radius 1 is 1.11 bits per heavy atom. The van der Waals surface area contributed by atoms with Gasteiger partial charge in [-0.3, -0.25) is 14.1 Å². The number of piperidine rings is 1. The van der Waals surface area contributed by atoms with Crippen LogP contribution in [0.3, 0.4) is 0 Å². The van der Waals surface area contributed by atoms with Crippen LogP contribution in [0.1, 0.15) is 12.8 Å². The molecule has 0 spiro atoms. The van der Waals surface area contributed by atoms with Crippen molar-refractivity contribution >= 4 is 39.7 Å². The SMILES string of the molecule is COCCn1c(=O)n(C)c2cnc3ccc(-c4ccc(NC(=O)NC5CCN(C(=O)O)CC5)cc4)cc3c21. The first-order valence-corrected chi connectivity index (χ1v) is 12.5. The number of anilines is 1. The normalized spacial score (nSPS) is 14.2. The van der Waals surface area contributed by atoms with Crippen molar-refractivity contribution < 1.29 is 19.4 Å². The molecule has 3 amide bonds. The molecule has 3 N–H and O–H groups in total. The van der Waals surface area contributed by atoms with Crippen molar-refractivity contribution in [3.05, 3.63) is 59.1 Å². The number of hydrogen-bond donors (Lipinski definition) is 3. The molecule has 198 valence electrons. The van der Waals surface area contributed by atoms with Crippen molar-refractivity contribution in [1.29, 1.82) is 0 Å². The second-order valence-corrected chi connectivity index (χ2v) is 9.43. The van der Waals surface area contributed by atoms with Gasteiger partial charge in [-0.05, 0) is 48.2 Å². The minimum absolute atomic E-state index is 0.0628. The Hall–Kier alpha value is -4.38. The molecule has 1 aliphatic rings. The van der Waals surface area contributed by atoms with Crippen LogP contribution in [-0.2, 0) is 18.3 Å². The number of carbonyl (C=O) groups excluding carboxylic acids is 1. The molecule has 2 aromatic carbocycles. The van der Waals surface area contributed by atoms with Crippen LogP contribution < -0.4 is 16.3 Å². The van der Waals surface area contributed by atoms with E-state index in [0.29, 0.717) is 44.8 Å². The number of urea groups is 1. The molecular weight excluding hydrogens is 488 g/mol. The summed E-state index contributed by atoms with van der Waals surface area (Å²) in [7, 11) is 3.35. The number of carboxylic acid groups (broad SMARTS) is 1. The number of carbonyl (C=O) groups is 2. The van der Waals surface area contributed by atoms with Crippen LogP contribution in [0.4, 0.5) is 15.3 Å². The Morgan fingerprint density at radius 3 is 2.50 bits per heavy atom. The zero-order valence-corrected chi connectivity index (χ0v) is 21.3. The topological polar surface area (TPSA) is 131 Å². The van der Waals surface area contributed by atoms with Crippen LogP contribution in [0.25, 0.3) is 33.1 Å². The van der Waals surface area contributed by atoms with Crippen LogP contribution in [0.15, 0.2) is 53.5 Å². The van der Waals surface area contributed by atoms with Gasteiger partial charge in [0.25, 0.3) is 0 Å². The molecule has 5 rings (SSSR count). The first kappa shape index (κ1) is 25.3. The predicted octanol–water partition coefficient (Wildman–Crippen LogP) is 3.47. The molecule has 1 saturated heterocycles. The van der Waals surface area contributed by atoms with E-state index in [9.17, 15) is 14.4 Å². The highest BCUT2D eigenvalue weighted by molar-refractivity contribution is 6.04.